The molecule has 20 heavy (non-hydrogen) atoms. The summed E-state index contributed by atoms with van der Waals surface area (Å²) in [5, 5.41) is 8.15. The van der Waals surface area contributed by atoms with Crippen molar-refractivity contribution < 1.29 is 19.1 Å². The minimum absolute atomic E-state index is 0.304. The number of carboxylic acids is 1. The SMILES string of the molecule is CC(=O)O.NC(=O)C(N)Cc1c[nH]c2ccc(F)cc12. The molecule has 0 aliphatic carbocycles. The molecule has 2 rings (SSSR count). The summed E-state index contributed by atoms with van der Waals surface area (Å²) in [5.41, 5.74) is 12.2. The molecule has 1 atom stereocenters. The van der Waals surface area contributed by atoms with Gasteiger partial charge in [0, 0.05) is 24.0 Å². The number of fused-ring (bicyclic) bond motifs is 1. The van der Waals surface area contributed by atoms with Crippen molar-refractivity contribution in [2.45, 2.75) is 19.4 Å². The molecule has 2 aromatic rings. The zero-order chi connectivity index (χ0) is 15.3. The van der Waals surface area contributed by atoms with Crippen LogP contribution in [0, 0.1) is 5.82 Å². The molecular weight excluding hydrogens is 265 g/mol. The van der Waals surface area contributed by atoms with E-state index in [1.807, 2.05) is 0 Å². The first-order valence-electron chi connectivity index (χ1n) is 5.81. The Balaban J connectivity index is 0.000000444. The summed E-state index contributed by atoms with van der Waals surface area (Å²) in [4.78, 5) is 22.8. The lowest BCUT2D eigenvalue weighted by Gasteiger charge is -2.05. The van der Waals surface area contributed by atoms with E-state index in [4.69, 9.17) is 21.4 Å². The van der Waals surface area contributed by atoms with Gasteiger partial charge in [-0.15, -0.1) is 0 Å². The number of H-pyrrole nitrogens is 1. The molecular formula is C13H16FN3O3. The number of hydrogen-bond donors (Lipinski definition) is 4. The Kier molecular flexibility index (Phi) is 5.22. The number of hydrogen-bond acceptors (Lipinski definition) is 3. The standard InChI is InChI=1S/C11H12FN3O.C2H4O2/c12-7-1-2-10-8(4-7)6(5-15-10)3-9(13)11(14)16;1-2(3)4/h1-2,4-5,9,15H,3,13H2,(H2,14,16);1H3,(H,3,4). The van der Waals surface area contributed by atoms with Crippen LogP contribution in [-0.4, -0.2) is 28.0 Å². The minimum Gasteiger partial charge on any atom is -0.481 e. The molecule has 1 unspecified atom stereocenters. The van der Waals surface area contributed by atoms with Crippen LogP contribution in [-0.2, 0) is 16.0 Å². The number of carbonyl (C=O) groups excluding carboxylic acids is 1. The molecule has 1 aromatic carbocycles. The predicted octanol–water partition coefficient (Wildman–Crippen LogP) is 0.753. The van der Waals surface area contributed by atoms with Gasteiger partial charge in [0.2, 0.25) is 5.91 Å². The average molecular weight is 281 g/mol. The normalized spacial score (nSPS) is 11.6. The van der Waals surface area contributed by atoms with Gasteiger partial charge >= 0.3 is 0 Å². The van der Waals surface area contributed by atoms with E-state index in [0.717, 1.165) is 23.4 Å². The molecule has 0 aliphatic rings. The number of nitrogens with two attached hydrogens (primary N) is 2. The topological polar surface area (TPSA) is 122 Å². The highest BCUT2D eigenvalue weighted by Crippen LogP contribution is 2.20. The number of rotatable bonds is 3. The molecule has 6 N–H and O–H groups in total. The molecule has 0 spiro atoms. The first kappa shape index (κ1) is 15.6. The van der Waals surface area contributed by atoms with E-state index in [1.165, 1.54) is 12.1 Å². The van der Waals surface area contributed by atoms with Gasteiger partial charge < -0.3 is 21.6 Å². The maximum atomic E-state index is 13.1. The number of nitrogens with one attached hydrogen (secondary N) is 1. The van der Waals surface area contributed by atoms with Crippen LogP contribution >= 0.6 is 0 Å². The Hall–Kier alpha value is -2.41. The molecule has 0 bridgehead atoms. The monoisotopic (exact) mass is 281 g/mol. The van der Waals surface area contributed by atoms with Crippen molar-refractivity contribution in [1.29, 1.82) is 0 Å². The van der Waals surface area contributed by atoms with Crippen LogP contribution in [0.3, 0.4) is 0 Å². The van der Waals surface area contributed by atoms with Crippen LogP contribution in [0.15, 0.2) is 24.4 Å². The van der Waals surface area contributed by atoms with Crippen molar-refractivity contribution in [3.63, 3.8) is 0 Å². The molecule has 1 amide bonds. The molecule has 1 heterocycles. The van der Waals surface area contributed by atoms with Gasteiger partial charge in [0.25, 0.3) is 5.97 Å². The summed E-state index contributed by atoms with van der Waals surface area (Å²) in [5.74, 6) is -1.72. The number of aromatic amines is 1. The molecule has 0 fully saturated rings. The van der Waals surface area contributed by atoms with Crippen molar-refractivity contribution in [3.05, 3.63) is 35.8 Å². The molecule has 1 aromatic heterocycles. The number of halogens is 1. The molecule has 0 radical (unpaired) electrons. The summed E-state index contributed by atoms with van der Waals surface area (Å²) >= 11 is 0. The summed E-state index contributed by atoms with van der Waals surface area (Å²) in [6, 6.07) is 3.68. The van der Waals surface area contributed by atoms with E-state index in [9.17, 15) is 9.18 Å². The quantitative estimate of drug-likeness (QED) is 0.663. The van der Waals surface area contributed by atoms with Crippen molar-refractivity contribution >= 4 is 22.8 Å². The van der Waals surface area contributed by atoms with Crippen LogP contribution < -0.4 is 11.5 Å². The highest BCUT2D eigenvalue weighted by Gasteiger charge is 2.13. The van der Waals surface area contributed by atoms with Crippen molar-refractivity contribution in [3.8, 4) is 0 Å². The highest BCUT2D eigenvalue weighted by molar-refractivity contribution is 5.85. The van der Waals surface area contributed by atoms with E-state index in [0.29, 0.717) is 6.42 Å². The summed E-state index contributed by atoms with van der Waals surface area (Å²) in [6.45, 7) is 1.08. The maximum Gasteiger partial charge on any atom is 0.300 e. The van der Waals surface area contributed by atoms with Crippen molar-refractivity contribution in [1.82, 2.24) is 4.98 Å². The number of carbonyl (C=O) groups is 2. The number of aliphatic carboxylic acids is 1. The van der Waals surface area contributed by atoms with Crippen LogP contribution in [0.4, 0.5) is 4.39 Å². The maximum absolute atomic E-state index is 13.1. The lowest BCUT2D eigenvalue weighted by atomic mass is 10.1. The fourth-order valence-electron chi connectivity index (χ4n) is 1.66. The van der Waals surface area contributed by atoms with Gasteiger partial charge in [-0.05, 0) is 30.2 Å². The molecule has 7 heteroatoms. The Morgan fingerprint density at radius 3 is 2.60 bits per heavy atom. The zero-order valence-corrected chi connectivity index (χ0v) is 10.9. The average Bonchev–Trinajstić information content (AvgIpc) is 2.71. The van der Waals surface area contributed by atoms with Crippen LogP contribution in [0.25, 0.3) is 10.9 Å². The van der Waals surface area contributed by atoms with Gasteiger partial charge in [-0.25, -0.2) is 4.39 Å². The lowest BCUT2D eigenvalue weighted by molar-refractivity contribution is -0.134. The van der Waals surface area contributed by atoms with Crippen LogP contribution in [0.2, 0.25) is 0 Å². The molecule has 0 saturated heterocycles. The number of carboxylic acid groups (broad SMARTS) is 1. The highest BCUT2D eigenvalue weighted by atomic mass is 19.1. The van der Waals surface area contributed by atoms with Gasteiger partial charge in [0.05, 0.1) is 6.04 Å². The molecule has 108 valence electrons. The number of benzene rings is 1. The van der Waals surface area contributed by atoms with E-state index >= 15 is 0 Å². The Morgan fingerprint density at radius 2 is 2.05 bits per heavy atom. The third-order valence-electron chi connectivity index (χ3n) is 2.53. The zero-order valence-electron chi connectivity index (χ0n) is 10.9. The van der Waals surface area contributed by atoms with Gasteiger partial charge in [0.1, 0.15) is 5.82 Å². The van der Waals surface area contributed by atoms with Crippen molar-refractivity contribution in [2.24, 2.45) is 11.5 Å². The molecule has 0 saturated carbocycles. The summed E-state index contributed by atoms with van der Waals surface area (Å²) in [7, 11) is 0. The third kappa shape index (κ3) is 4.36. The summed E-state index contributed by atoms with van der Waals surface area (Å²) < 4.78 is 13.1. The van der Waals surface area contributed by atoms with Gasteiger partial charge in [-0.1, -0.05) is 0 Å². The third-order valence-corrected chi connectivity index (χ3v) is 2.53. The largest absolute Gasteiger partial charge is 0.481 e. The second kappa shape index (κ2) is 6.67. The van der Waals surface area contributed by atoms with E-state index in [-0.39, 0.29) is 5.82 Å². The fourth-order valence-corrected chi connectivity index (χ4v) is 1.66. The van der Waals surface area contributed by atoms with Gasteiger partial charge in [-0.3, -0.25) is 9.59 Å². The summed E-state index contributed by atoms with van der Waals surface area (Å²) in [6.07, 6.45) is 2.02. The number of aromatic nitrogens is 1. The van der Waals surface area contributed by atoms with Crippen LogP contribution in [0.1, 0.15) is 12.5 Å². The minimum atomic E-state index is -0.833. The predicted molar refractivity (Wildman–Crippen MR) is 72.4 cm³/mol. The molecule has 6 nitrogen and oxygen atoms in total. The Labute approximate surface area is 114 Å². The van der Waals surface area contributed by atoms with E-state index < -0.39 is 17.9 Å². The second-order valence-electron chi connectivity index (χ2n) is 4.24. The van der Waals surface area contributed by atoms with Crippen molar-refractivity contribution in [2.75, 3.05) is 0 Å². The van der Waals surface area contributed by atoms with E-state index in [1.54, 1.807) is 12.3 Å². The fraction of sp³-hybridized carbons (Fsp3) is 0.231. The Morgan fingerprint density at radius 1 is 1.45 bits per heavy atom. The smallest absolute Gasteiger partial charge is 0.300 e. The number of primary amides is 1. The van der Waals surface area contributed by atoms with Gasteiger partial charge in [0.15, 0.2) is 0 Å². The Bertz CT molecular complexity index is 620. The lowest BCUT2D eigenvalue weighted by Crippen LogP contribution is -2.38. The molecule has 0 aliphatic heterocycles. The van der Waals surface area contributed by atoms with Crippen LogP contribution in [0.5, 0.6) is 0 Å². The number of amides is 1. The van der Waals surface area contributed by atoms with E-state index in [2.05, 4.69) is 4.98 Å². The first-order chi connectivity index (χ1) is 9.31. The van der Waals surface area contributed by atoms with Gasteiger partial charge in [-0.2, -0.15) is 0 Å². The first-order valence-corrected chi connectivity index (χ1v) is 5.81. The second-order valence-corrected chi connectivity index (χ2v) is 4.24.